The second kappa shape index (κ2) is 6.88. The molecule has 18 heavy (non-hydrogen) atoms. The summed E-state index contributed by atoms with van der Waals surface area (Å²) in [5.74, 6) is 0. The van der Waals surface area contributed by atoms with Gasteiger partial charge in [-0.25, -0.2) is 0 Å². The zero-order valence-corrected chi connectivity index (χ0v) is 12.5. The van der Waals surface area contributed by atoms with Gasteiger partial charge >= 0.3 is 0 Å². The number of nitrogens with one attached hydrogen (secondary N) is 1. The minimum atomic E-state index is 0.785. The van der Waals surface area contributed by atoms with E-state index >= 15 is 0 Å². The first-order valence-corrected chi connectivity index (χ1v) is 7.99. The first kappa shape index (κ1) is 14.3. The molecule has 0 amide bonds. The molecule has 3 heteroatoms. The Morgan fingerprint density at radius 2 is 1.89 bits per heavy atom. The molecule has 2 fully saturated rings. The molecule has 1 saturated heterocycles. The van der Waals surface area contributed by atoms with E-state index < -0.39 is 0 Å². The van der Waals surface area contributed by atoms with Crippen LogP contribution in [0.2, 0.25) is 0 Å². The first-order chi connectivity index (χ1) is 8.78. The summed E-state index contributed by atoms with van der Waals surface area (Å²) >= 11 is 0. The van der Waals surface area contributed by atoms with Gasteiger partial charge in [0.1, 0.15) is 0 Å². The van der Waals surface area contributed by atoms with Crippen LogP contribution in [-0.2, 0) is 0 Å². The lowest BCUT2D eigenvalue weighted by molar-refractivity contribution is 0.187. The molecule has 1 aliphatic carbocycles. The van der Waals surface area contributed by atoms with Gasteiger partial charge in [-0.15, -0.1) is 0 Å². The second-order valence-corrected chi connectivity index (χ2v) is 5.88. The highest BCUT2D eigenvalue weighted by molar-refractivity contribution is 4.92. The molecule has 2 rings (SSSR count). The molecule has 1 aliphatic heterocycles. The zero-order valence-electron chi connectivity index (χ0n) is 12.5. The van der Waals surface area contributed by atoms with Crippen molar-refractivity contribution in [3.05, 3.63) is 0 Å². The van der Waals surface area contributed by atoms with Gasteiger partial charge in [0.05, 0.1) is 0 Å². The summed E-state index contributed by atoms with van der Waals surface area (Å²) < 4.78 is 0. The predicted octanol–water partition coefficient (Wildman–Crippen LogP) is 1.93. The lowest BCUT2D eigenvalue weighted by Gasteiger charge is -2.28. The van der Waals surface area contributed by atoms with Gasteiger partial charge in [0.2, 0.25) is 0 Å². The largest absolute Gasteiger partial charge is 0.314 e. The molecule has 1 saturated carbocycles. The quantitative estimate of drug-likeness (QED) is 0.780. The van der Waals surface area contributed by atoms with Crippen LogP contribution in [0.25, 0.3) is 0 Å². The first-order valence-electron chi connectivity index (χ1n) is 7.99. The van der Waals surface area contributed by atoms with E-state index in [-0.39, 0.29) is 0 Å². The molecule has 3 unspecified atom stereocenters. The van der Waals surface area contributed by atoms with Crippen molar-refractivity contribution in [2.45, 2.75) is 64.6 Å². The Morgan fingerprint density at radius 3 is 2.56 bits per heavy atom. The smallest absolute Gasteiger partial charge is 0.0235 e. The summed E-state index contributed by atoms with van der Waals surface area (Å²) in [6, 6.07) is 2.46. The Balaban J connectivity index is 1.79. The van der Waals surface area contributed by atoms with E-state index in [1.807, 2.05) is 0 Å². The van der Waals surface area contributed by atoms with Gasteiger partial charge in [-0.1, -0.05) is 20.8 Å². The van der Waals surface area contributed by atoms with Gasteiger partial charge in [0.15, 0.2) is 0 Å². The molecule has 1 heterocycles. The number of likely N-dealkylation sites (tertiary alicyclic amines) is 1. The summed E-state index contributed by atoms with van der Waals surface area (Å²) in [6.45, 7) is 13.0. The van der Waals surface area contributed by atoms with Crippen molar-refractivity contribution in [2.24, 2.45) is 0 Å². The highest BCUT2D eigenvalue weighted by Gasteiger charge is 2.34. The summed E-state index contributed by atoms with van der Waals surface area (Å²) in [5.41, 5.74) is 0. The van der Waals surface area contributed by atoms with E-state index in [0.717, 1.165) is 24.7 Å². The maximum atomic E-state index is 3.62. The molecule has 3 atom stereocenters. The van der Waals surface area contributed by atoms with Crippen LogP contribution in [0, 0.1) is 0 Å². The van der Waals surface area contributed by atoms with Crippen LogP contribution in [0.3, 0.4) is 0 Å². The molecule has 0 aromatic heterocycles. The van der Waals surface area contributed by atoms with Crippen LogP contribution in [0.15, 0.2) is 0 Å². The maximum absolute atomic E-state index is 3.62. The fraction of sp³-hybridized carbons (Fsp3) is 1.00. The van der Waals surface area contributed by atoms with Crippen molar-refractivity contribution >= 4 is 0 Å². The van der Waals surface area contributed by atoms with Gasteiger partial charge in [-0.05, 0) is 45.3 Å². The van der Waals surface area contributed by atoms with Crippen LogP contribution < -0.4 is 5.32 Å². The van der Waals surface area contributed by atoms with Crippen molar-refractivity contribution in [3.63, 3.8) is 0 Å². The summed E-state index contributed by atoms with van der Waals surface area (Å²) in [7, 11) is 0. The van der Waals surface area contributed by atoms with E-state index in [4.69, 9.17) is 0 Å². The predicted molar refractivity (Wildman–Crippen MR) is 78.0 cm³/mol. The van der Waals surface area contributed by atoms with Gasteiger partial charge in [0.25, 0.3) is 0 Å². The topological polar surface area (TPSA) is 18.5 Å². The standard InChI is InChI=1S/C15H31N3/c1-4-16-13-7-8-14(11-13)18-10-9-15(12-18)17(5-2)6-3/h13-16H,4-12H2,1-3H3. The molecule has 0 aromatic carbocycles. The third-order valence-corrected chi connectivity index (χ3v) is 4.94. The molecule has 0 spiro atoms. The fourth-order valence-electron chi connectivity index (χ4n) is 3.90. The van der Waals surface area contributed by atoms with Gasteiger partial charge in [-0.2, -0.15) is 0 Å². The van der Waals surface area contributed by atoms with E-state index in [0.29, 0.717) is 0 Å². The maximum Gasteiger partial charge on any atom is 0.0235 e. The minimum Gasteiger partial charge on any atom is -0.314 e. The van der Waals surface area contributed by atoms with Crippen LogP contribution >= 0.6 is 0 Å². The third kappa shape index (κ3) is 3.25. The summed E-state index contributed by atoms with van der Waals surface area (Å²) in [4.78, 5) is 5.40. The highest BCUT2D eigenvalue weighted by Crippen LogP contribution is 2.28. The van der Waals surface area contributed by atoms with Crippen molar-refractivity contribution in [1.82, 2.24) is 15.1 Å². The fourth-order valence-corrected chi connectivity index (χ4v) is 3.90. The Hall–Kier alpha value is -0.120. The lowest BCUT2D eigenvalue weighted by atomic mass is 10.2. The zero-order chi connectivity index (χ0) is 13.0. The molecular weight excluding hydrogens is 222 g/mol. The molecule has 3 nitrogen and oxygen atoms in total. The molecule has 0 aromatic rings. The molecule has 1 N–H and O–H groups in total. The normalized spacial score (nSPS) is 33.7. The van der Waals surface area contributed by atoms with E-state index in [9.17, 15) is 0 Å². The molecule has 2 aliphatic rings. The molecule has 0 radical (unpaired) electrons. The number of likely N-dealkylation sites (N-methyl/N-ethyl adjacent to an activating group) is 1. The number of rotatable bonds is 6. The molecular formula is C15H31N3. The van der Waals surface area contributed by atoms with Crippen LogP contribution in [-0.4, -0.2) is 60.6 Å². The second-order valence-electron chi connectivity index (χ2n) is 5.88. The van der Waals surface area contributed by atoms with Gasteiger partial charge < -0.3 is 5.32 Å². The Bertz CT molecular complexity index is 240. The van der Waals surface area contributed by atoms with E-state index in [1.165, 1.54) is 51.9 Å². The number of hydrogen-bond donors (Lipinski definition) is 1. The van der Waals surface area contributed by atoms with E-state index in [2.05, 4.69) is 35.9 Å². The van der Waals surface area contributed by atoms with Crippen molar-refractivity contribution in [2.75, 3.05) is 32.7 Å². The van der Waals surface area contributed by atoms with Crippen LogP contribution in [0.1, 0.15) is 46.5 Å². The van der Waals surface area contributed by atoms with Crippen molar-refractivity contribution < 1.29 is 0 Å². The molecule has 106 valence electrons. The average molecular weight is 253 g/mol. The Morgan fingerprint density at radius 1 is 1.11 bits per heavy atom. The van der Waals surface area contributed by atoms with Gasteiger partial charge in [-0.3, -0.25) is 9.80 Å². The van der Waals surface area contributed by atoms with Crippen LogP contribution in [0.5, 0.6) is 0 Å². The summed E-state index contributed by atoms with van der Waals surface area (Å²) in [6.07, 6.45) is 5.54. The van der Waals surface area contributed by atoms with Gasteiger partial charge in [0, 0.05) is 31.2 Å². The number of hydrogen-bond acceptors (Lipinski definition) is 3. The minimum absolute atomic E-state index is 0.785. The SMILES string of the molecule is CCNC1CCC(N2CCC(N(CC)CC)C2)C1. The van der Waals surface area contributed by atoms with Crippen molar-refractivity contribution in [3.8, 4) is 0 Å². The van der Waals surface area contributed by atoms with Crippen molar-refractivity contribution in [1.29, 1.82) is 0 Å². The average Bonchev–Trinajstić information content (AvgIpc) is 3.00. The Kier molecular flexibility index (Phi) is 5.46. The molecule has 0 bridgehead atoms. The Labute approximate surface area is 113 Å². The highest BCUT2D eigenvalue weighted by atomic mass is 15.3. The van der Waals surface area contributed by atoms with Crippen LogP contribution in [0.4, 0.5) is 0 Å². The van der Waals surface area contributed by atoms with E-state index in [1.54, 1.807) is 0 Å². The third-order valence-electron chi connectivity index (χ3n) is 4.94. The monoisotopic (exact) mass is 253 g/mol. The lowest BCUT2D eigenvalue weighted by Crippen LogP contribution is -2.40. The number of nitrogens with zero attached hydrogens (tertiary/aromatic N) is 2. The summed E-state index contributed by atoms with van der Waals surface area (Å²) in [5, 5.41) is 3.62.